The fraction of sp³-hybridized carbons (Fsp3) is 0.447. The minimum absolute atomic E-state index is 0.0205. The molecule has 3 saturated heterocycles. The second-order valence-corrected chi connectivity index (χ2v) is 15.5. The molecule has 5 fully saturated rings. The number of rotatable bonds is 8. The smallest absolute Gasteiger partial charge is 0.226 e. The van der Waals surface area contributed by atoms with Crippen molar-refractivity contribution in [2.24, 2.45) is 11.8 Å². The lowest BCUT2D eigenvalue weighted by Crippen LogP contribution is -2.41. The van der Waals surface area contributed by atoms with Crippen LogP contribution in [0.3, 0.4) is 0 Å². The first-order valence-electron chi connectivity index (χ1n) is 17.8. The van der Waals surface area contributed by atoms with Crippen LogP contribution in [0.1, 0.15) is 85.9 Å². The van der Waals surface area contributed by atoms with Crippen molar-refractivity contribution < 1.29 is 14.3 Å². The van der Waals surface area contributed by atoms with E-state index in [1.807, 2.05) is 17.9 Å². The van der Waals surface area contributed by atoms with Crippen LogP contribution in [0.4, 0.5) is 4.39 Å². The Balaban J connectivity index is 1.28. The number of likely N-dealkylation sites (tertiary alicyclic amines) is 1. The molecule has 0 spiro atoms. The standard InChI is InChI=1S/C38H37Cl2FN8O2/c1-18-25-14-31(30-13-23(16-47(30)38(51)20-8-9-20)48-17-29(19(2)50)45-46-48)49(36-22-12-28(36)43-15-22)37(25)26-11-21(5-4-10-42)32(34(41)35(26)44-18)24-6-3-7-27(39)33(24)40/h3,6-7,11,14,17,19-20,22-23,28,30,36,43,50H,4-5,8-9,12-13,15-16H2,1-2H3/t19-,22?,23?,28?,30?,36?/m0/s1. The van der Waals surface area contributed by atoms with Crippen LogP contribution in [0, 0.1) is 35.9 Å². The summed E-state index contributed by atoms with van der Waals surface area (Å²) in [5.74, 6) is 0.0730. The number of hydrogen-bond donors (Lipinski definition) is 2. The van der Waals surface area contributed by atoms with Crippen LogP contribution in [0.25, 0.3) is 32.9 Å². The molecule has 5 unspecified atom stereocenters. The summed E-state index contributed by atoms with van der Waals surface area (Å²) in [5.41, 5.74) is 4.77. The van der Waals surface area contributed by atoms with Gasteiger partial charge in [-0.3, -0.25) is 4.79 Å². The van der Waals surface area contributed by atoms with Gasteiger partial charge in [0.25, 0.3) is 0 Å². The molecule has 3 aromatic heterocycles. The minimum Gasteiger partial charge on any atom is -0.387 e. The Labute approximate surface area is 304 Å². The Morgan fingerprint density at radius 2 is 2.04 bits per heavy atom. The average molecular weight is 728 g/mol. The van der Waals surface area contributed by atoms with E-state index in [1.54, 1.807) is 36.0 Å². The fourth-order valence-corrected chi connectivity index (χ4v) is 9.25. The highest BCUT2D eigenvalue weighted by atomic mass is 35.5. The molecule has 2 saturated carbocycles. The molecule has 2 aliphatic carbocycles. The van der Waals surface area contributed by atoms with Crippen molar-refractivity contribution in [2.75, 3.05) is 13.1 Å². The van der Waals surface area contributed by atoms with E-state index in [-0.39, 0.29) is 53.0 Å². The predicted octanol–water partition coefficient (Wildman–Crippen LogP) is 7.17. The number of aryl methyl sites for hydroxylation is 2. The molecule has 5 aromatic rings. The third-order valence-electron chi connectivity index (χ3n) is 11.6. The fourth-order valence-electron chi connectivity index (χ4n) is 8.85. The number of aliphatic hydroxyl groups is 1. The van der Waals surface area contributed by atoms with Crippen LogP contribution in [-0.4, -0.2) is 59.6 Å². The third kappa shape index (κ3) is 5.17. The zero-order valence-corrected chi connectivity index (χ0v) is 29.8. The van der Waals surface area contributed by atoms with Crippen LogP contribution in [0.2, 0.25) is 10.0 Å². The molecule has 13 heteroatoms. The first-order valence-corrected chi connectivity index (χ1v) is 18.5. The maximum absolute atomic E-state index is 17.2. The van der Waals surface area contributed by atoms with E-state index in [1.165, 1.54) is 0 Å². The summed E-state index contributed by atoms with van der Waals surface area (Å²) in [4.78, 5) is 20.9. The molecule has 1 amide bonds. The molecule has 2 aromatic carbocycles. The zero-order valence-electron chi connectivity index (χ0n) is 28.3. The average Bonchev–Trinajstić information content (AvgIpc) is 3.61. The molecule has 3 aliphatic heterocycles. The van der Waals surface area contributed by atoms with Gasteiger partial charge in [-0.25, -0.2) is 14.1 Å². The van der Waals surface area contributed by atoms with Gasteiger partial charge in [-0.2, -0.15) is 5.26 Å². The Kier molecular flexibility index (Phi) is 7.89. The summed E-state index contributed by atoms with van der Waals surface area (Å²) in [6.45, 7) is 4.95. The van der Waals surface area contributed by atoms with Crippen molar-refractivity contribution in [1.82, 2.24) is 34.8 Å². The summed E-state index contributed by atoms with van der Waals surface area (Å²) in [6, 6.07) is 11.6. The van der Waals surface area contributed by atoms with Gasteiger partial charge in [-0.1, -0.05) is 40.5 Å². The van der Waals surface area contributed by atoms with E-state index in [9.17, 15) is 15.2 Å². The van der Waals surface area contributed by atoms with Crippen molar-refractivity contribution in [3.63, 3.8) is 0 Å². The van der Waals surface area contributed by atoms with Gasteiger partial charge in [0.15, 0.2) is 5.82 Å². The lowest BCUT2D eigenvalue weighted by molar-refractivity contribution is -0.133. The third-order valence-corrected chi connectivity index (χ3v) is 12.4. The van der Waals surface area contributed by atoms with Crippen LogP contribution >= 0.6 is 23.2 Å². The van der Waals surface area contributed by atoms with Gasteiger partial charge >= 0.3 is 0 Å². The molecular weight excluding hydrogens is 690 g/mol. The van der Waals surface area contributed by atoms with Gasteiger partial charge in [0.1, 0.15) is 11.2 Å². The molecule has 10 rings (SSSR count). The lowest BCUT2D eigenvalue weighted by atomic mass is 9.79. The first-order chi connectivity index (χ1) is 24.6. The van der Waals surface area contributed by atoms with Gasteiger partial charge in [-0.05, 0) is 75.6 Å². The van der Waals surface area contributed by atoms with Gasteiger partial charge < -0.3 is 19.9 Å². The maximum Gasteiger partial charge on any atom is 0.226 e. The number of carbonyl (C=O) groups is 1. The number of aliphatic hydroxyl groups excluding tert-OH is 1. The Bertz CT molecular complexity index is 2280. The van der Waals surface area contributed by atoms with E-state index in [0.717, 1.165) is 42.4 Å². The van der Waals surface area contributed by atoms with Gasteiger partial charge in [-0.15, -0.1) is 5.10 Å². The number of aromatic nitrogens is 5. The van der Waals surface area contributed by atoms with Crippen molar-refractivity contribution in [3.8, 4) is 17.2 Å². The minimum atomic E-state index is -0.748. The van der Waals surface area contributed by atoms with E-state index >= 15 is 4.39 Å². The topological polar surface area (TPSA) is 125 Å². The number of fused-ring (bicyclic) bond motifs is 4. The number of benzene rings is 2. The molecular formula is C38H37Cl2FN8O2. The van der Waals surface area contributed by atoms with Crippen molar-refractivity contribution in [2.45, 2.75) is 82.6 Å². The number of pyridine rings is 1. The number of carbonyl (C=O) groups excluding carboxylic acids is 1. The number of halogens is 3. The summed E-state index contributed by atoms with van der Waals surface area (Å²) < 4.78 is 21.4. The van der Waals surface area contributed by atoms with E-state index in [2.05, 4.69) is 32.3 Å². The van der Waals surface area contributed by atoms with Crippen LogP contribution in [-0.2, 0) is 11.2 Å². The Morgan fingerprint density at radius 3 is 2.73 bits per heavy atom. The summed E-state index contributed by atoms with van der Waals surface area (Å²) in [6.07, 6.45) is 5.00. The highest BCUT2D eigenvalue weighted by Gasteiger charge is 2.51. The van der Waals surface area contributed by atoms with Crippen molar-refractivity contribution >= 4 is 50.9 Å². The van der Waals surface area contributed by atoms with Crippen LogP contribution < -0.4 is 5.32 Å². The molecule has 2 N–H and O–H groups in total. The number of nitrogens with one attached hydrogen (secondary N) is 1. The van der Waals surface area contributed by atoms with Crippen molar-refractivity contribution in [1.29, 1.82) is 5.26 Å². The SMILES string of the molecule is Cc1nc2c(F)c(-c3cccc(Cl)c3Cl)c(CCC#N)cc2c2c1cc(C1CC(n3cc([C@H](C)O)nn3)CN1C(=O)C1CC1)n2C1C2CNC1C2. The van der Waals surface area contributed by atoms with Gasteiger partial charge in [0.2, 0.25) is 5.91 Å². The zero-order chi connectivity index (χ0) is 35.3. The highest BCUT2D eigenvalue weighted by Crippen LogP contribution is 2.52. The number of nitriles is 1. The maximum atomic E-state index is 17.2. The number of hydrogen-bond acceptors (Lipinski definition) is 7. The van der Waals surface area contributed by atoms with Crippen LogP contribution in [0.15, 0.2) is 36.5 Å². The molecule has 6 heterocycles. The Morgan fingerprint density at radius 1 is 1.22 bits per heavy atom. The quantitative estimate of drug-likeness (QED) is 0.174. The van der Waals surface area contributed by atoms with E-state index < -0.39 is 11.9 Å². The second kappa shape index (κ2) is 12.3. The molecule has 0 radical (unpaired) electrons. The Hall–Kier alpha value is -4.08. The van der Waals surface area contributed by atoms with Gasteiger partial charge in [0, 0.05) is 64.8 Å². The molecule has 51 heavy (non-hydrogen) atoms. The second-order valence-electron chi connectivity index (χ2n) is 14.7. The normalized spacial score (nSPS) is 24.7. The number of nitrogens with zero attached hydrogens (tertiary/aromatic N) is 7. The van der Waals surface area contributed by atoms with E-state index in [0.29, 0.717) is 63.8 Å². The summed E-state index contributed by atoms with van der Waals surface area (Å²) >= 11 is 13.1. The van der Waals surface area contributed by atoms with Gasteiger partial charge in [0.05, 0.1) is 52.1 Å². The highest BCUT2D eigenvalue weighted by molar-refractivity contribution is 6.43. The summed E-state index contributed by atoms with van der Waals surface area (Å²) in [7, 11) is 0. The molecule has 10 nitrogen and oxygen atoms in total. The van der Waals surface area contributed by atoms with E-state index in [4.69, 9.17) is 28.2 Å². The molecule has 262 valence electrons. The van der Waals surface area contributed by atoms with Crippen molar-refractivity contribution in [3.05, 3.63) is 75.0 Å². The van der Waals surface area contributed by atoms with Crippen LogP contribution in [0.5, 0.6) is 0 Å². The summed E-state index contributed by atoms with van der Waals surface area (Å²) in [5, 5.41) is 34.2. The molecule has 5 aliphatic rings. The lowest BCUT2D eigenvalue weighted by Gasteiger charge is -2.39. The first kappa shape index (κ1) is 32.8. The monoisotopic (exact) mass is 726 g/mol. The molecule has 2 bridgehead atoms. The predicted molar refractivity (Wildman–Crippen MR) is 192 cm³/mol. The number of amides is 1. The molecule has 6 atom stereocenters. The largest absolute Gasteiger partial charge is 0.387 e.